The van der Waals surface area contributed by atoms with E-state index in [1.54, 1.807) is 0 Å². The normalized spacial score (nSPS) is 12.8. The molecule has 0 unspecified atom stereocenters. The fourth-order valence-corrected chi connectivity index (χ4v) is 4.58. The van der Waals surface area contributed by atoms with Crippen molar-refractivity contribution in [3.05, 3.63) is 99.9 Å². The zero-order valence-corrected chi connectivity index (χ0v) is 14.7. The Hall–Kier alpha value is -1.64. The van der Waals surface area contributed by atoms with Gasteiger partial charge in [0.05, 0.1) is 0 Å². The zero-order chi connectivity index (χ0) is 14.8. The lowest BCUT2D eigenvalue weighted by molar-refractivity contribution is 1.40. The molecular weight excluding hydrogens is 400 g/mol. The minimum Gasteiger partial charge on any atom is -0.0616 e. The molecule has 3 aromatic carbocycles. The molecule has 0 N–H and O–H groups in total. The van der Waals surface area contributed by atoms with Crippen LogP contribution in [0.25, 0.3) is 12.2 Å². The highest BCUT2D eigenvalue weighted by Crippen LogP contribution is 2.27. The Morgan fingerprint density at radius 1 is 0.636 bits per heavy atom. The predicted octanol–water partition coefficient (Wildman–Crippen LogP) is 4.07. The Bertz CT molecular complexity index is 1290. The van der Waals surface area contributed by atoms with Crippen LogP contribution >= 0.6 is 31.9 Å². The molecule has 22 heavy (non-hydrogen) atoms. The van der Waals surface area contributed by atoms with Crippen LogP contribution in [0.15, 0.2) is 57.5 Å². The van der Waals surface area contributed by atoms with Crippen molar-refractivity contribution in [1.82, 2.24) is 0 Å². The summed E-state index contributed by atoms with van der Waals surface area (Å²) in [6.07, 6.45) is 4.62. The van der Waals surface area contributed by atoms with Crippen LogP contribution in [-0.2, 0) is 0 Å². The van der Waals surface area contributed by atoms with E-state index < -0.39 is 0 Å². The molecule has 2 heteroatoms. The molecule has 2 aliphatic carbocycles. The molecule has 0 atom stereocenters. The molecule has 0 heterocycles. The van der Waals surface area contributed by atoms with Crippen LogP contribution < -0.4 is 10.4 Å². The third-order valence-electron chi connectivity index (χ3n) is 4.49. The van der Waals surface area contributed by atoms with Crippen LogP contribution in [0, 0.1) is 20.9 Å². The summed E-state index contributed by atoms with van der Waals surface area (Å²) in [4.78, 5) is 0. The van der Waals surface area contributed by atoms with Gasteiger partial charge in [0.25, 0.3) is 0 Å². The largest absolute Gasteiger partial charge is 0.0616 e. The van der Waals surface area contributed by atoms with E-state index in [2.05, 4.69) is 92.5 Å². The van der Waals surface area contributed by atoms with Crippen molar-refractivity contribution in [1.29, 1.82) is 0 Å². The van der Waals surface area contributed by atoms with Crippen LogP contribution in [0.2, 0.25) is 0 Å². The molecule has 0 saturated carbocycles. The van der Waals surface area contributed by atoms with E-state index >= 15 is 0 Å². The lowest BCUT2D eigenvalue weighted by Crippen LogP contribution is -1.98. The van der Waals surface area contributed by atoms with Gasteiger partial charge in [-0.3, -0.25) is 0 Å². The van der Waals surface area contributed by atoms with Gasteiger partial charge in [0.1, 0.15) is 0 Å². The van der Waals surface area contributed by atoms with Gasteiger partial charge in [-0.2, -0.15) is 0 Å². The molecule has 3 aromatic rings. The van der Waals surface area contributed by atoms with Crippen LogP contribution in [0.1, 0.15) is 11.1 Å². The number of hydrogen-bond donors (Lipinski definition) is 0. The molecule has 0 nitrogen and oxygen atoms in total. The molecule has 0 fully saturated rings. The number of rotatable bonds is 0. The Labute approximate surface area is 143 Å². The third-order valence-corrected chi connectivity index (χ3v) is 5.61. The fraction of sp³-hybridized carbons (Fsp3) is 0. The van der Waals surface area contributed by atoms with E-state index in [1.807, 2.05) is 0 Å². The number of halogens is 2. The first kappa shape index (κ1) is 12.9. The SMILES string of the molecule is Brc1ccc2c(c1)=Cc1c3c(c(Br)cc1=2)=c1ccccc1=C3. The quantitative estimate of drug-likeness (QED) is 0.361. The third kappa shape index (κ3) is 1.62. The van der Waals surface area contributed by atoms with Crippen molar-refractivity contribution in [2.45, 2.75) is 0 Å². The first-order valence-corrected chi connectivity index (χ1v) is 8.76. The fourth-order valence-electron chi connectivity index (χ4n) is 3.55. The molecule has 2 aliphatic rings. The summed E-state index contributed by atoms with van der Waals surface area (Å²) in [5, 5.41) is 7.85. The van der Waals surface area contributed by atoms with Crippen molar-refractivity contribution in [3.63, 3.8) is 0 Å². The maximum absolute atomic E-state index is 3.79. The summed E-state index contributed by atoms with van der Waals surface area (Å²) in [5.74, 6) is 0. The monoisotopic (exact) mass is 408 g/mol. The van der Waals surface area contributed by atoms with Gasteiger partial charge in [-0.05, 0) is 67.6 Å². The van der Waals surface area contributed by atoms with Gasteiger partial charge < -0.3 is 0 Å². The van der Waals surface area contributed by atoms with Crippen molar-refractivity contribution >= 4 is 44.0 Å². The second-order valence-electron chi connectivity index (χ2n) is 5.72. The number of benzene rings is 3. The molecule has 0 aromatic heterocycles. The second kappa shape index (κ2) is 4.43. The van der Waals surface area contributed by atoms with E-state index in [4.69, 9.17) is 0 Å². The molecule has 0 saturated heterocycles. The molecule has 0 bridgehead atoms. The number of fused-ring (bicyclic) bond motifs is 5. The van der Waals surface area contributed by atoms with Gasteiger partial charge in [-0.15, -0.1) is 0 Å². The van der Waals surface area contributed by atoms with Gasteiger partial charge in [0.15, 0.2) is 0 Å². The Morgan fingerprint density at radius 2 is 1.45 bits per heavy atom. The lowest BCUT2D eigenvalue weighted by Gasteiger charge is -2.02. The van der Waals surface area contributed by atoms with Crippen molar-refractivity contribution in [2.24, 2.45) is 0 Å². The van der Waals surface area contributed by atoms with Crippen LogP contribution in [0.4, 0.5) is 0 Å². The molecule has 0 amide bonds. The minimum absolute atomic E-state index is 1.12. The summed E-state index contributed by atoms with van der Waals surface area (Å²) in [6.45, 7) is 0. The Morgan fingerprint density at radius 3 is 2.36 bits per heavy atom. The topological polar surface area (TPSA) is 0 Å². The first-order valence-electron chi connectivity index (χ1n) is 7.18. The molecule has 5 rings (SSSR count). The average molecular weight is 410 g/mol. The molecular formula is C20H10Br2. The molecule has 0 radical (unpaired) electrons. The van der Waals surface area contributed by atoms with Crippen LogP contribution in [-0.4, -0.2) is 0 Å². The minimum atomic E-state index is 1.12. The predicted molar refractivity (Wildman–Crippen MR) is 96.5 cm³/mol. The van der Waals surface area contributed by atoms with E-state index in [0.29, 0.717) is 0 Å². The van der Waals surface area contributed by atoms with Gasteiger partial charge in [-0.1, -0.05) is 62.2 Å². The highest BCUT2D eigenvalue weighted by Gasteiger charge is 2.14. The summed E-state index contributed by atoms with van der Waals surface area (Å²) in [5.41, 5.74) is 2.67. The smallest absolute Gasteiger partial charge is 0.0266 e. The van der Waals surface area contributed by atoms with E-state index in [9.17, 15) is 0 Å². The molecule has 104 valence electrons. The standard InChI is InChI=1S/C20H10Br2/c21-13-5-6-14-12(7-13)9-16-17(14)10-19(22)20-15-4-2-1-3-11(15)8-18(16)20/h1-10H. The average Bonchev–Trinajstić information content (AvgIpc) is 3.05. The van der Waals surface area contributed by atoms with Crippen LogP contribution in [0.3, 0.4) is 0 Å². The lowest BCUT2D eigenvalue weighted by atomic mass is 10.0. The summed E-state index contributed by atoms with van der Waals surface area (Å²) < 4.78 is 2.30. The van der Waals surface area contributed by atoms with Crippen molar-refractivity contribution < 1.29 is 0 Å². The van der Waals surface area contributed by atoms with Gasteiger partial charge >= 0.3 is 0 Å². The van der Waals surface area contributed by atoms with Crippen molar-refractivity contribution in [3.8, 4) is 0 Å². The van der Waals surface area contributed by atoms with Crippen molar-refractivity contribution in [2.75, 3.05) is 0 Å². The Kier molecular flexibility index (Phi) is 2.59. The van der Waals surface area contributed by atoms with E-state index in [1.165, 1.54) is 46.9 Å². The number of hydrogen-bond acceptors (Lipinski definition) is 0. The molecule has 0 spiro atoms. The second-order valence-corrected chi connectivity index (χ2v) is 7.49. The van der Waals surface area contributed by atoms with E-state index in [0.717, 1.165) is 4.47 Å². The highest BCUT2D eigenvalue weighted by atomic mass is 79.9. The van der Waals surface area contributed by atoms with Crippen LogP contribution in [0.5, 0.6) is 0 Å². The van der Waals surface area contributed by atoms with Gasteiger partial charge in [-0.25, -0.2) is 0 Å². The summed E-state index contributed by atoms with van der Waals surface area (Å²) >= 11 is 7.37. The van der Waals surface area contributed by atoms with Gasteiger partial charge in [0, 0.05) is 14.2 Å². The first-order chi connectivity index (χ1) is 10.7. The summed E-state index contributed by atoms with van der Waals surface area (Å²) in [6, 6.07) is 17.4. The summed E-state index contributed by atoms with van der Waals surface area (Å²) in [7, 11) is 0. The maximum atomic E-state index is 3.79. The highest BCUT2D eigenvalue weighted by molar-refractivity contribution is 9.10. The zero-order valence-electron chi connectivity index (χ0n) is 11.5. The van der Waals surface area contributed by atoms with E-state index in [-0.39, 0.29) is 0 Å². The maximum Gasteiger partial charge on any atom is 0.0266 e. The molecule has 0 aliphatic heterocycles. The van der Waals surface area contributed by atoms with Gasteiger partial charge in [0.2, 0.25) is 0 Å². The Balaban J connectivity index is 2.09.